The van der Waals surface area contributed by atoms with E-state index >= 15 is 0 Å². The van der Waals surface area contributed by atoms with Crippen molar-refractivity contribution in [2.45, 2.75) is 44.8 Å². The van der Waals surface area contributed by atoms with Gasteiger partial charge in [0.1, 0.15) is 11.6 Å². The number of unbranched alkanes of at least 4 members (excludes halogenated alkanes) is 1. The van der Waals surface area contributed by atoms with Gasteiger partial charge in [0, 0.05) is 29.7 Å². The molecule has 2 aromatic rings. The topological polar surface area (TPSA) is 27.7 Å². The molecule has 1 heterocycles. The minimum absolute atomic E-state index is 0.00645. The highest BCUT2D eigenvalue weighted by Crippen LogP contribution is 2.35. The van der Waals surface area contributed by atoms with Crippen molar-refractivity contribution in [3.05, 3.63) is 53.3 Å². The van der Waals surface area contributed by atoms with Gasteiger partial charge in [0.15, 0.2) is 17.9 Å². The molecule has 1 aliphatic rings. The van der Waals surface area contributed by atoms with Gasteiger partial charge in [-0.15, -0.1) is 0 Å². The fourth-order valence-corrected chi connectivity index (χ4v) is 3.39. The first-order chi connectivity index (χ1) is 13.5. The first-order valence-corrected chi connectivity index (χ1v) is 9.60. The highest BCUT2D eigenvalue weighted by atomic mass is 19.2. The highest BCUT2D eigenvalue weighted by molar-refractivity contribution is 5.66. The van der Waals surface area contributed by atoms with Crippen LogP contribution in [0, 0.1) is 17.5 Å². The van der Waals surface area contributed by atoms with Crippen LogP contribution in [0.5, 0.6) is 5.75 Å². The fraction of sp³-hybridized carbons (Fsp3) is 0.455. The molecule has 1 saturated heterocycles. The number of ether oxygens (including phenoxy) is 3. The van der Waals surface area contributed by atoms with E-state index in [4.69, 9.17) is 14.2 Å². The Morgan fingerprint density at radius 2 is 1.82 bits per heavy atom. The maximum atomic E-state index is 14.7. The second-order valence-corrected chi connectivity index (χ2v) is 6.94. The molecule has 3 nitrogen and oxygen atoms in total. The third kappa shape index (κ3) is 4.50. The minimum Gasteiger partial charge on any atom is -0.497 e. The molecule has 0 N–H and O–H groups in total. The lowest BCUT2D eigenvalue weighted by atomic mass is 9.90. The Bertz CT molecular complexity index is 802. The van der Waals surface area contributed by atoms with Crippen LogP contribution < -0.4 is 4.74 Å². The standard InChI is InChI=1S/C22H25F3O3/c1-3-4-11-27-20-10-5-14(13-28-20)16-8-9-18(22(25)21(16)24)17-7-6-15(26-2)12-19(17)23/h6-9,12,14,20H,3-5,10-11,13H2,1-2H3. The average Bonchev–Trinajstić information content (AvgIpc) is 2.71. The first-order valence-electron chi connectivity index (χ1n) is 9.60. The first kappa shape index (κ1) is 20.7. The number of hydrogen-bond acceptors (Lipinski definition) is 3. The number of methoxy groups -OCH3 is 1. The van der Waals surface area contributed by atoms with Crippen molar-refractivity contribution < 1.29 is 27.4 Å². The Balaban J connectivity index is 1.74. The Labute approximate surface area is 163 Å². The molecule has 0 amide bonds. The molecule has 2 atom stereocenters. The van der Waals surface area contributed by atoms with Crippen LogP contribution in [-0.2, 0) is 9.47 Å². The number of halogens is 3. The molecule has 1 aliphatic heterocycles. The van der Waals surface area contributed by atoms with Crippen LogP contribution in [0.15, 0.2) is 30.3 Å². The lowest BCUT2D eigenvalue weighted by Gasteiger charge is -2.29. The van der Waals surface area contributed by atoms with Crippen molar-refractivity contribution in [2.24, 2.45) is 0 Å². The SMILES string of the molecule is CCCCOC1CCC(c2ccc(-c3ccc(OC)cc3F)c(F)c2F)CO1. The summed E-state index contributed by atoms with van der Waals surface area (Å²) in [4.78, 5) is 0. The molecule has 0 saturated carbocycles. The Morgan fingerprint density at radius 1 is 1.04 bits per heavy atom. The van der Waals surface area contributed by atoms with Crippen molar-refractivity contribution in [1.29, 1.82) is 0 Å². The van der Waals surface area contributed by atoms with Gasteiger partial charge in [-0.1, -0.05) is 25.5 Å². The molecule has 152 valence electrons. The lowest BCUT2D eigenvalue weighted by Crippen LogP contribution is -2.28. The maximum Gasteiger partial charge on any atom is 0.167 e. The molecule has 0 bridgehead atoms. The zero-order valence-corrected chi connectivity index (χ0v) is 16.1. The van der Waals surface area contributed by atoms with Gasteiger partial charge in [0.2, 0.25) is 0 Å². The van der Waals surface area contributed by atoms with Gasteiger partial charge in [-0.3, -0.25) is 0 Å². The van der Waals surface area contributed by atoms with E-state index in [0.29, 0.717) is 25.2 Å². The van der Waals surface area contributed by atoms with Crippen molar-refractivity contribution >= 4 is 0 Å². The quantitative estimate of drug-likeness (QED) is 0.554. The Kier molecular flexibility index (Phi) is 6.97. The molecule has 3 rings (SSSR count). The molecule has 0 spiro atoms. The van der Waals surface area contributed by atoms with Crippen LogP contribution in [0.4, 0.5) is 13.2 Å². The summed E-state index contributed by atoms with van der Waals surface area (Å²) in [5.41, 5.74) is 0.133. The minimum atomic E-state index is -1.05. The van der Waals surface area contributed by atoms with Crippen LogP contribution in [0.1, 0.15) is 44.1 Å². The van der Waals surface area contributed by atoms with Crippen molar-refractivity contribution in [1.82, 2.24) is 0 Å². The van der Waals surface area contributed by atoms with Crippen molar-refractivity contribution in [2.75, 3.05) is 20.3 Å². The third-order valence-corrected chi connectivity index (χ3v) is 5.05. The molecular formula is C22H25F3O3. The second kappa shape index (κ2) is 9.43. The molecule has 2 unspecified atom stereocenters. The predicted molar refractivity (Wildman–Crippen MR) is 101 cm³/mol. The van der Waals surface area contributed by atoms with E-state index < -0.39 is 17.5 Å². The number of hydrogen-bond donors (Lipinski definition) is 0. The van der Waals surface area contributed by atoms with E-state index in [1.807, 2.05) is 0 Å². The maximum absolute atomic E-state index is 14.7. The van der Waals surface area contributed by atoms with Gasteiger partial charge in [0.05, 0.1) is 13.7 Å². The summed E-state index contributed by atoms with van der Waals surface area (Å²) in [7, 11) is 1.41. The molecule has 2 aromatic carbocycles. The van der Waals surface area contributed by atoms with E-state index in [9.17, 15) is 13.2 Å². The van der Waals surface area contributed by atoms with Crippen molar-refractivity contribution in [3.63, 3.8) is 0 Å². The van der Waals surface area contributed by atoms with E-state index in [1.54, 1.807) is 0 Å². The zero-order valence-electron chi connectivity index (χ0n) is 16.1. The van der Waals surface area contributed by atoms with Crippen molar-refractivity contribution in [3.8, 4) is 16.9 Å². The molecule has 0 aliphatic carbocycles. The third-order valence-electron chi connectivity index (χ3n) is 5.05. The summed E-state index contributed by atoms with van der Waals surface area (Å²) >= 11 is 0. The van der Waals surface area contributed by atoms with Crippen LogP contribution in [0.25, 0.3) is 11.1 Å². The molecule has 0 radical (unpaired) electrons. The van der Waals surface area contributed by atoms with Gasteiger partial charge < -0.3 is 14.2 Å². The number of benzene rings is 2. The summed E-state index contributed by atoms with van der Waals surface area (Å²) in [5.74, 6) is -2.61. The van der Waals surface area contributed by atoms with Gasteiger partial charge >= 0.3 is 0 Å². The van der Waals surface area contributed by atoms with Crippen LogP contribution in [0.2, 0.25) is 0 Å². The zero-order chi connectivity index (χ0) is 20.1. The van der Waals surface area contributed by atoms with E-state index in [0.717, 1.165) is 18.9 Å². The highest BCUT2D eigenvalue weighted by Gasteiger charge is 2.27. The van der Waals surface area contributed by atoms with E-state index in [1.165, 1.54) is 31.4 Å². The van der Waals surface area contributed by atoms with Crippen LogP contribution >= 0.6 is 0 Å². The molecule has 0 aromatic heterocycles. The fourth-order valence-electron chi connectivity index (χ4n) is 3.39. The largest absolute Gasteiger partial charge is 0.497 e. The summed E-state index contributed by atoms with van der Waals surface area (Å²) in [6.45, 7) is 2.99. The summed E-state index contributed by atoms with van der Waals surface area (Å²) in [6, 6.07) is 6.98. The van der Waals surface area contributed by atoms with Gasteiger partial charge in [0.25, 0.3) is 0 Å². The molecule has 28 heavy (non-hydrogen) atoms. The number of rotatable bonds is 7. The Hall–Kier alpha value is -2.05. The van der Waals surface area contributed by atoms with E-state index in [2.05, 4.69) is 6.92 Å². The summed E-state index contributed by atoms with van der Waals surface area (Å²) in [5, 5.41) is 0. The average molecular weight is 394 g/mol. The molecule has 1 fully saturated rings. The normalized spacial score (nSPS) is 19.6. The molecular weight excluding hydrogens is 369 g/mol. The van der Waals surface area contributed by atoms with Crippen LogP contribution in [0.3, 0.4) is 0 Å². The predicted octanol–water partition coefficient (Wildman–Crippen LogP) is 5.82. The second-order valence-electron chi connectivity index (χ2n) is 6.94. The molecule has 6 heteroatoms. The van der Waals surface area contributed by atoms with Gasteiger partial charge in [-0.25, -0.2) is 13.2 Å². The smallest absolute Gasteiger partial charge is 0.167 e. The van der Waals surface area contributed by atoms with Crippen LogP contribution in [-0.4, -0.2) is 26.6 Å². The monoisotopic (exact) mass is 394 g/mol. The Morgan fingerprint density at radius 3 is 2.46 bits per heavy atom. The van der Waals surface area contributed by atoms with E-state index in [-0.39, 0.29) is 35.5 Å². The lowest BCUT2D eigenvalue weighted by molar-refractivity contribution is -0.167. The van der Waals surface area contributed by atoms with Gasteiger partial charge in [-0.2, -0.15) is 0 Å². The summed E-state index contributed by atoms with van der Waals surface area (Å²) in [6.07, 6.45) is 2.99. The van der Waals surface area contributed by atoms with Gasteiger partial charge in [-0.05, 0) is 37.0 Å². The summed E-state index contributed by atoms with van der Waals surface area (Å²) < 4.78 is 59.9.